The van der Waals surface area contributed by atoms with Crippen LogP contribution in [0.15, 0.2) is 12.2 Å². The molecule has 0 saturated carbocycles. The van der Waals surface area contributed by atoms with Crippen molar-refractivity contribution in [2.45, 2.75) is 0 Å². The molecule has 0 aromatic rings. The molecule has 3 heteroatoms. The summed E-state index contributed by atoms with van der Waals surface area (Å²) >= 11 is 1.74. The molecule has 0 N–H and O–H groups in total. The van der Waals surface area contributed by atoms with Crippen molar-refractivity contribution in [3.63, 3.8) is 0 Å². The van der Waals surface area contributed by atoms with Gasteiger partial charge in [0.2, 0.25) is 0 Å². The zero-order valence-electron chi connectivity index (χ0n) is 4.50. The lowest BCUT2D eigenvalue weighted by atomic mass is 10.6. The maximum absolute atomic E-state index is 10.7. The standard InChI is InChI=1S/C5H8OS2/c6-8-4-2-1-3-7-5-8/h1-2H,3-5H2. The lowest BCUT2D eigenvalue weighted by molar-refractivity contribution is 0.688. The average Bonchev–Trinajstić information content (AvgIpc) is 1.94. The van der Waals surface area contributed by atoms with E-state index < -0.39 is 10.8 Å². The van der Waals surface area contributed by atoms with Gasteiger partial charge in [-0.05, 0) is 0 Å². The third kappa shape index (κ3) is 2.01. The molecule has 0 spiro atoms. The van der Waals surface area contributed by atoms with Crippen molar-refractivity contribution in [2.24, 2.45) is 0 Å². The highest BCUT2D eigenvalue weighted by Crippen LogP contribution is 2.06. The van der Waals surface area contributed by atoms with Crippen LogP contribution in [0.4, 0.5) is 0 Å². The lowest BCUT2D eigenvalue weighted by Gasteiger charge is -1.89. The molecular weight excluding hydrogens is 140 g/mol. The molecule has 0 aromatic carbocycles. The van der Waals surface area contributed by atoms with Crippen molar-refractivity contribution in [2.75, 3.05) is 16.6 Å². The predicted octanol–water partition coefficient (Wildman–Crippen LogP) is 0.996. The summed E-state index contributed by atoms with van der Waals surface area (Å²) in [6.07, 6.45) is 4.08. The maximum atomic E-state index is 10.7. The SMILES string of the molecule is O=S1CC=CCSC1. The van der Waals surface area contributed by atoms with Crippen LogP contribution in [0.1, 0.15) is 0 Å². The number of rotatable bonds is 0. The maximum Gasteiger partial charge on any atom is 0.0698 e. The molecule has 8 heavy (non-hydrogen) atoms. The van der Waals surface area contributed by atoms with Gasteiger partial charge in [-0.3, -0.25) is 4.21 Å². The summed E-state index contributed by atoms with van der Waals surface area (Å²) in [5, 5.41) is 0.812. The van der Waals surface area contributed by atoms with E-state index >= 15 is 0 Å². The Bertz CT molecular complexity index is 120. The van der Waals surface area contributed by atoms with E-state index in [1.807, 2.05) is 6.08 Å². The van der Waals surface area contributed by atoms with Crippen LogP contribution in [0, 0.1) is 0 Å². The van der Waals surface area contributed by atoms with Gasteiger partial charge in [-0.2, -0.15) is 0 Å². The van der Waals surface area contributed by atoms with Crippen molar-refractivity contribution in [1.29, 1.82) is 0 Å². The summed E-state index contributed by atoms with van der Waals surface area (Å²) in [5.74, 6) is 1.79. The fourth-order valence-electron chi connectivity index (χ4n) is 0.501. The molecule has 1 unspecified atom stereocenters. The second-order valence-electron chi connectivity index (χ2n) is 1.57. The van der Waals surface area contributed by atoms with E-state index in [0.717, 1.165) is 16.6 Å². The van der Waals surface area contributed by atoms with Gasteiger partial charge in [0.05, 0.1) is 5.08 Å². The summed E-state index contributed by atoms with van der Waals surface area (Å²) in [6.45, 7) is 0. The Balaban J connectivity index is 2.41. The normalized spacial score (nSPS) is 29.8. The van der Waals surface area contributed by atoms with E-state index in [1.165, 1.54) is 0 Å². The third-order valence-corrected chi connectivity index (χ3v) is 3.59. The molecule has 1 heterocycles. The topological polar surface area (TPSA) is 17.1 Å². The van der Waals surface area contributed by atoms with Crippen molar-refractivity contribution in [3.05, 3.63) is 12.2 Å². The van der Waals surface area contributed by atoms with Gasteiger partial charge in [0.25, 0.3) is 0 Å². The summed E-state index contributed by atoms with van der Waals surface area (Å²) in [4.78, 5) is 0. The van der Waals surface area contributed by atoms with Crippen LogP contribution in [0.2, 0.25) is 0 Å². The van der Waals surface area contributed by atoms with Gasteiger partial charge in [0, 0.05) is 22.3 Å². The van der Waals surface area contributed by atoms with Gasteiger partial charge in [0.1, 0.15) is 0 Å². The molecule has 0 amide bonds. The van der Waals surface area contributed by atoms with Crippen molar-refractivity contribution < 1.29 is 4.21 Å². The van der Waals surface area contributed by atoms with Gasteiger partial charge in [-0.15, -0.1) is 11.8 Å². The van der Waals surface area contributed by atoms with E-state index in [1.54, 1.807) is 11.8 Å². The molecule has 1 aliphatic rings. The smallest absolute Gasteiger partial charge is 0.0698 e. The van der Waals surface area contributed by atoms with E-state index in [9.17, 15) is 4.21 Å². The Morgan fingerprint density at radius 2 is 2.38 bits per heavy atom. The first-order chi connectivity index (χ1) is 3.89. The Morgan fingerprint density at radius 1 is 1.50 bits per heavy atom. The average molecular weight is 148 g/mol. The minimum absolute atomic E-state index is 0.581. The Morgan fingerprint density at radius 3 is 3.25 bits per heavy atom. The Kier molecular flexibility index (Phi) is 2.63. The molecule has 0 aliphatic carbocycles. The molecule has 46 valence electrons. The van der Waals surface area contributed by atoms with Gasteiger partial charge >= 0.3 is 0 Å². The number of hydrogen-bond donors (Lipinski definition) is 0. The van der Waals surface area contributed by atoms with Gasteiger partial charge in [0.15, 0.2) is 0 Å². The molecule has 0 aromatic heterocycles. The molecule has 0 bridgehead atoms. The molecular formula is C5H8OS2. The molecule has 0 radical (unpaired) electrons. The lowest BCUT2D eigenvalue weighted by Crippen LogP contribution is -1.93. The van der Waals surface area contributed by atoms with Crippen LogP contribution in [0.3, 0.4) is 0 Å². The molecule has 0 fully saturated rings. The summed E-state index contributed by atoms with van der Waals surface area (Å²) < 4.78 is 10.7. The van der Waals surface area contributed by atoms with E-state index in [-0.39, 0.29) is 0 Å². The van der Waals surface area contributed by atoms with Crippen LogP contribution in [-0.2, 0) is 10.8 Å². The summed E-state index contributed by atoms with van der Waals surface area (Å²) in [7, 11) is -0.581. The van der Waals surface area contributed by atoms with Crippen molar-refractivity contribution in [3.8, 4) is 0 Å². The predicted molar refractivity (Wildman–Crippen MR) is 39.5 cm³/mol. The van der Waals surface area contributed by atoms with Crippen LogP contribution in [0.5, 0.6) is 0 Å². The largest absolute Gasteiger partial charge is 0.258 e. The summed E-state index contributed by atoms with van der Waals surface area (Å²) in [5.41, 5.74) is 0. The third-order valence-electron chi connectivity index (χ3n) is 0.878. The van der Waals surface area contributed by atoms with Gasteiger partial charge < -0.3 is 0 Å². The van der Waals surface area contributed by atoms with Crippen LogP contribution < -0.4 is 0 Å². The van der Waals surface area contributed by atoms with Gasteiger partial charge in [-0.1, -0.05) is 12.2 Å². The fourth-order valence-corrected chi connectivity index (χ4v) is 2.64. The second kappa shape index (κ2) is 3.30. The first-order valence-electron chi connectivity index (χ1n) is 2.47. The molecule has 0 saturated heterocycles. The zero-order chi connectivity index (χ0) is 5.82. The number of hydrogen-bond acceptors (Lipinski definition) is 2. The van der Waals surface area contributed by atoms with E-state index in [0.29, 0.717) is 0 Å². The highest BCUT2D eigenvalue weighted by molar-refractivity contribution is 8.10. The number of thioether (sulfide) groups is 1. The fraction of sp³-hybridized carbons (Fsp3) is 0.600. The van der Waals surface area contributed by atoms with E-state index in [2.05, 4.69) is 6.08 Å². The zero-order valence-corrected chi connectivity index (χ0v) is 6.13. The Labute approximate surface area is 56.0 Å². The van der Waals surface area contributed by atoms with E-state index in [4.69, 9.17) is 0 Å². The molecule has 1 atom stereocenters. The molecule has 1 aliphatic heterocycles. The van der Waals surface area contributed by atoms with Crippen LogP contribution in [0.25, 0.3) is 0 Å². The molecule has 1 rings (SSSR count). The molecule has 1 nitrogen and oxygen atoms in total. The summed E-state index contributed by atoms with van der Waals surface area (Å²) in [6, 6.07) is 0. The second-order valence-corrected chi connectivity index (χ2v) is 4.46. The first kappa shape index (κ1) is 6.36. The van der Waals surface area contributed by atoms with Crippen molar-refractivity contribution in [1.82, 2.24) is 0 Å². The quantitative estimate of drug-likeness (QED) is 0.477. The monoisotopic (exact) mass is 148 g/mol. The van der Waals surface area contributed by atoms with Crippen LogP contribution in [-0.4, -0.2) is 20.8 Å². The highest BCUT2D eigenvalue weighted by atomic mass is 32.2. The highest BCUT2D eigenvalue weighted by Gasteiger charge is 1.98. The minimum atomic E-state index is -0.581. The van der Waals surface area contributed by atoms with Crippen LogP contribution >= 0.6 is 11.8 Å². The minimum Gasteiger partial charge on any atom is -0.258 e. The van der Waals surface area contributed by atoms with Gasteiger partial charge in [-0.25, -0.2) is 0 Å². The first-order valence-corrected chi connectivity index (χ1v) is 5.11. The Hall–Kier alpha value is 0.240. The van der Waals surface area contributed by atoms with Crippen molar-refractivity contribution >= 4 is 22.6 Å².